The minimum atomic E-state index is -4.32. The second-order valence-corrected chi connectivity index (χ2v) is 4.35. The van der Waals surface area contributed by atoms with Gasteiger partial charge in [0.15, 0.2) is 0 Å². The van der Waals surface area contributed by atoms with Gasteiger partial charge in [0.1, 0.15) is 0 Å². The number of rotatable bonds is 5. The van der Waals surface area contributed by atoms with Crippen molar-refractivity contribution < 1.29 is 17.9 Å². The molecule has 0 aliphatic heterocycles. The van der Waals surface area contributed by atoms with Gasteiger partial charge in [0, 0.05) is 6.54 Å². The zero-order chi connectivity index (χ0) is 13.8. The maximum Gasteiger partial charge on any atom is 0.416 e. The van der Waals surface area contributed by atoms with Crippen LogP contribution in [0.4, 0.5) is 13.2 Å². The van der Waals surface area contributed by atoms with Gasteiger partial charge in [0.05, 0.1) is 17.8 Å². The molecule has 1 atom stereocenters. The average molecular weight is 261 g/mol. The van der Waals surface area contributed by atoms with Gasteiger partial charge >= 0.3 is 6.18 Å². The highest BCUT2D eigenvalue weighted by molar-refractivity contribution is 5.27. The molecule has 0 aliphatic rings. The van der Waals surface area contributed by atoms with Crippen LogP contribution in [0.1, 0.15) is 31.1 Å². The Morgan fingerprint density at radius 2 is 1.94 bits per heavy atom. The van der Waals surface area contributed by atoms with Crippen LogP contribution < -0.4 is 5.32 Å². The van der Waals surface area contributed by atoms with Gasteiger partial charge in [-0.05, 0) is 38.6 Å². The molecule has 0 heterocycles. The first kappa shape index (κ1) is 15.0. The molecule has 1 aromatic carbocycles. The highest BCUT2D eigenvalue weighted by atomic mass is 19.4. The van der Waals surface area contributed by atoms with Gasteiger partial charge < -0.3 is 10.1 Å². The number of benzene rings is 1. The van der Waals surface area contributed by atoms with E-state index in [1.807, 2.05) is 13.8 Å². The molecule has 0 bridgehead atoms. The molecule has 5 heteroatoms. The number of hydrogen-bond donors (Lipinski definition) is 1. The van der Waals surface area contributed by atoms with E-state index in [0.717, 1.165) is 12.1 Å². The van der Waals surface area contributed by atoms with E-state index < -0.39 is 11.7 Å². The molecule has 0 saturated carbocycles. The molecule has 0 aromatic heterocycles. The molecule has 0 saturated heterocycles. The van der Waals surface area contributed by atoms with Crippen molar-refractivity contribution in [2.24, 2.45) is 0 Å². The molecule has 1 N–H and O–H groups in total. The summed E-state index contributed by atoms with van der Waals surface area (Å²) in [5.41, 5.74) is -0.110. The van der Waals surface area contributed by atoms with Crippen LogP contribution in [0.3, 0.4) is 0 Å². The Labute approximate surface area is 105 Å². The lowest BCUT2D eigenvalue weighted by molar-refractivity contribution is -0.137. The number of alkyl halides is 3. The molecular formula is C13H18F3NO. The molecule has 0 spiro atoms. The third kappa shape index (κ3) is 4.31. The van der Waals surface area contributed by atoms with Crippen LogP contribution in [0.25, 0.3) is 0 Å². The molecule has 102 valence electrons. The summed E-state index contributed by atoms with van der Waals surface area (Å²) in [5.74, 6) is 0. The smallest absolute Gasteiger partial charge is 0.370 e. The van der Waals surface area contributed by atoms with Crippen molar-refractivity contribution in [1.82, 2.24) is 5.32 Å². The second-order valence-electron chi connectivity index (χ2n) is 4.35. The molecule has 0 radical (unpaired) electrons. The molecule has 1 aromatic rings. The van der Waals surface area contributed by atoms with Crippen LogP contribution in [0.5, 0.6) is 0 Å². The normalized spacial score (nSPS) is 13.9. The van der Waals surface area contributed by atoms with Crippen molar-refractivity contribution in [3.05, 3.63) is 35.4 Å². The van der Waals surface area contributed by atoms with E-state index in [9.17, 15) is 13.2 Å². The Kier molecular flexibility index (Phi) is 5.16. The molecule has 0 aliphatic carbocycles. The zero-order valence-electron chi connectivity index (χ0n) is 10.7. The summed E-state index contributed by atoms with van der Waals surface area (Å²) in [6.07, 6.45) is -4.74. The highest BCUT2D eigenvalue weighted by Gasteiger charge is 2.31. The second kappa shape index (κ2) is 6.20. The van der Waals surface area contributed by atoms with E-state index in [4.69, 9.17) is 4.74 Å². The van der Waals surface area contributed by atoms with Gasteiger partial charge in [-0.15, -0.1) is 0 Å². The van der Waals surface area contributed by atoms with E-state index in [1.165, 1.54) is 6.07 Å². The number of nitrogens with one attached hydrogen (secondary N) is 1. The Morgan fingerprint density at radius 1 is 1.28 bits per heavy atom. The molecule has 0 amide bonds. The van der Waals surface area contributed by atoms with E-state index in [0.29, 0.717) is 12.1 Å². The molecule has 2 nitrogen and oxygen atoms in total. The van der Waals surface area contributed by atoms with Gasteiger partial charge in [0.2, 0.25) is 0 Å². The summed E-state index contributed by atoms with van der Waals surface area (Å²) < 4.78 is 43.5. The fourth-order valence-electron chi connectivity index (χ4n) is 1.67. The minimum absolute atomic E-state index is 0.0436. The van der Waals surface area contributed by atoms with Gasteiger partial charge in [-0.25, -0.2) is 0 Å². The van der Waals surface area contributed by atoms with E-state index >= 15 is 0 Å². The number of halogens is 3. The standard InChI is InChI=1S/C13H18F3NO/c1-9(2)18-12(8-17-3)10-5-4-6-11(7-10)13(14,15)16/h4-7,9,12,17H,8H2,1-3H3/t12-/m1/s1. The average Bonchev–Trinajstić information content (AvgIpc) is 2.27. The van der Waals surface area contributed by atoms with Crippen molar-refractivity contribution in [3.63, 3.8) is 0 Å². The number of hydrogen-bond acceptors (Lipinski definition) is 2. The monoisotopic (exact) mass is 261 g/mol. The molecule has 1 rings (SSSR count). The van der Waals surface area contributed by atoms with Crippen LogP contribution >= 0.6 is 0 Å². The van der Waals surface area contributed by atoms with Crippen LogP contribution in [0.2, 0.25) is 0 Å². The predicted octanol–water partition coefficient (Wildman–Crippen LogP) is 3.39. The van der Waals surface area contributed by atoms with Crippen molar-refractivity contribution in [1.29, 1.82) is 0 Å². The highest BCUT2D eigenvalue weighted by Crippen LogP contribution is 2.31. The third-order valence-corrected chi connectivity index (χ3v) is 2.41. The van der Waals surface area contributed by atoms with E-state index in [2.05, 4.69) is 5.32 Å². The minimum Gasteiger partial charge on any atom is -0.370 e. The van der Waals surface area contributed by atoms with Crippen LogP contribution in [0, 0.1) is 0 Å². The van der Waals surface area contributed by atoms with Crippen molar-refractivity contribution in [2.75, 3.05) is 13.6 Å². The van der Waals surface area contributed by atoms with Crippen LogP contribution in [0.15, 0.2) is 24.3 Å². The first-order chi connectivity index (χ1) is 8.34. The summed E-state index contributed by atoms with van der Waals surface area (Å²) in [4.78, 5) is 0. The van der Waals surface area contributed by atoms with Crippen molar-refractivity contribution in [2.45, 2.75) is 32.2 Å². The Hall–Kier alpha value is -1.07. The summed E-state index contributed by atoms with van der Waals surface area (Å²) in [7, 11) is 1.74. The fourth-order valence-corrected chi connectivity index (χ4v) is 1.67. The third-order valence-electron chi connectivity index (χ3n) is 2.41. The first-order valence-electron chi connectivity index (χ1n) is 5.81. The molecule has 18 heavy (non-hydrogen) atoms. The quantitative estimate of drug-likeness (QED) is 0.877. The van der Waals surface area contributed by atoms with Gasteiger partial charge in [0.25, 0.3) is 0 Å². The predicted molar refractivity (Wildman–Crippen MR) is 64.3 cm³/mol. The largest absolute Gasteiger partial charge is 0.416 e. The lowest BCUT2D eigenvalue weighted by Crippen LogP contribution is -2.22. The lowest BCUT2D eigenvalue weighted by Gasteiger charge is -2.21. The maximum absolute atomic E-state index is 12.6. The molecule has 0 unspecified atom stereocenters. The van der Waals surface area contributed by atoms with Crippen molar-refractivity contribution >= 4 is 0 Å². The number of ether oxygens (including phenoxy) is 1. The van der Waals surface area contributed by atoms with Gasteiger partial charge in [-0.2, -0.15) is 13.2 Å². The fraction of sp³-hybridized carbons (Fsp3) is 0.538. The summed E-state index contributed by atoms with van der Waals surface area (Å²) in [6.45, 7) is 4.19. The van der Waals surface area contributed by atoms with Gasteiger partial charge in [-0.3, -0.25) is 0 Å². The Balaban J connectivity index is 2.97. The summed E-state index contributed by atoms with van der Waals surface area (Å²) in [6, 6.07) is 5.27. The topological polar surface area (TPSA) is 21.3 Å². The van der Waals surface area contributed by atoms with E-state index in [1.54, 1.807) is 13.1 Å². The zero-order valence-corrected chi connectivity index (χ0v) is 10.7. The Bertz CT molecular complexity index is 377. The first-order valence-corrected chi connectivity index (χ1v) is 5.81. The summed E-state index contributed by atoms with van der Waals surface area (Å²) in [5, 5.41) is 2.92. The summed E-state index contributed by atoms with van der Waals surface area (Å²) >= 11 is 0. The van der Waals surface area contributed by atoms with Crippen LogP contribution in [-0.2, 0) is 10.9 Å². The number of likely N-dealkylation sites (N-methyl/N-ethyl adjacent to an activating group) is 1. The lowest BCUT2D eigenvalue weighted by atomic mass is 10.1. The van der Waals surface area contributed by atoms with E-state index in [-0.39, 0.29) is 12.2 Å². The SMILES string of the molecule is CNC[C@@H](OC(C)C)c1cccc(C(F)(F)F)c1. The van der Waals surface area contributed by atoms with Gasteiger partial charge in [-0.1, -0.05) is 12.1 Å². The molecular weight excluding hydrogens is 243 g/mol. The Morgan fingerprint density at radius 3 is 2.44 bits per heavy atom. The molecule has 0 fully saturated rings. The van der Waals surface area contributed by atoms with Crippen LogP contribution in [-0.4, -0.2) is 19.7 Å². The maximum atomic E-state index is 12.6. The van der Waals surface area contributed by atoms with Crippen molar-refractivity contribution in [3.8, 4) is 0 Å².